The van der Waals surface area contributed by atoms with E-state index in [1.165, 1.54) is 0 Å². The number of carbonyl (C=O) groups is 1. The summed E-state index contributed by atoms with van der Waals surface area (Å²) >= 11 is 1.56. The van der Waals surface area contributed by atoms with Crippen LogP contribution in [0.15, 0.2) is 77.4 Å². The van der Waals surface area contributed by atoms with Crippen LogP contribution in [0.25, 0.3) is 10.7 Å². The van der Waals surface area contributed by atoms with Gasteiger partial charge in [0, 0.05) is 11.9 Å². The van der Waals surface area contributed by atoms with Crippen molar-refractivity contribution < 1.29 is 9.53 Å². The van der Waals surface area contributed by atoms with E-state index in [4.69, 9.17) is 9.84 Å². The molecule has 2 N–H and O–H groups in total. The van der Waals surface area contributed by atoms with E-state index >= 15 is 0 Å². The predicted octanol–water partition coefficient (Wildman–Crippen LogP) is 4.34. The molecule has 0 spiro atoms. The van der Waals surface area contributed by atoms with Crippen LogP contribution in [0, 0.1) is 0 Å². The summed E-state index contributed by atoms with van der Waals surface area (Å²) in [6.45, 7) is 1.86. The summed E-state index contributed by atoms with van der Waals surface area (Å²) in [7, 11) is 1.57. The van der Waals surface area contributed by atoms with E-state index < -0.39 is 6.04 Å². The first-order valence-electron chi connectivity index (χ1n) is 9.99. The van der Waals surface area contributed by atoms with Crippen molar-refractivity contribution in [3.8, 4) is 16.5 Å². The number of aromatic nitrogens is 4. The van der Waals surface area contributed by atoms with Gasteiger partial charge in [0.2, 0.25) is 5.95 Å². The van der Waals surface area contributed by atoms with E-state index in [-0.39, 0.29) is 5.91 Å². The Hall–Kier alpha value is -3.98. The number of methoxy groups -OCH3 is 1. The Morgan fingerprint density at radius 2 is 2.00 bits per heavy atom. The molecule has 32 heavy (non-hydrogen) atoms. The zero-order valence-electron chi connectivity index (χ0n) is 17.4. The maximum Gasteiger partial charge on any atom is 0.256 e. The minimum absolute atomic E-state index is 0.269. The number of pyridine rings is 1. The fraction of sp³-hybridized carbons (Fsp3) is 0.130. The Labute approximate surface area is 188 Å². The number of amides is 1. The SMILES string of the molecule is COc1ccccc1NC(=O)C1=C(C)Nc2nc(-c3cccs3)nn2C1c1ccccn1. The first-order valence-corrected chi connectivity index (χ1v) is 10.9. The van der Waals surface area contributed by atoms with E-state index in [0.29, 0.717) is 40.2 Å². The molecule has 1 atom stereocenters. The minimum Gasteiger partial charge on any atom is -0.495 e. The van der Waals surface area contributed by atoms with Gasteiger partial charge in [0.05, 0.1) is 28.9 Å². The lowest BCUT2D eigenvalue weighted by atomic mass is 9.98. The number of hydrogen-bond acceptors (Lipinski definition) is 7. The van der Waals surface area contributed by atoms with Gasteiger partial charge in [0.1, 0.15) is 11.8 Å². The van der Waals surface area contributed by atoms with Crippen LogP contribution in [0.3, 0.4) is 0 Å². The highest BCUT2D eigenvalue weighted by atomic mass is 32.1. The molecule has 5 rings (SSSR count). The van der Waals surface area contributed by atoms with Gasteiger partial charge in [-0.3, -0.25) is 9.78 Å². The summed E-state index contributed by atoms with van der Waals surface area (Å²) in [5.41, 5.74) is 2.47. The summed E-state index contributed by atoms with van der Waals surface area (Å²) in [5.74, 6) is 1.48. The monoisotopic (exact) mass is 444 g/mol. The first-order chi connectivity index (χ1) is 15.7. The Kier molecular flexibility index (Phi) is 5.16. The zero-order valence-corrected chi connectivity index (χ0v) is 18.3. The lowest BCUT2D eigenvalue weighted by Crippen LogP contribution is -2.32. The van der Waals surface area contributed by atoms with Crippen molar-refractivity contribution in [1.29, 1.82) is 0 Å². The third-order valence-electron chi connectivity index (χ3n) is 5.16. The van der Waals surface area contributed by atoms with Gasteiger partial charge >= 0.3 is 0 Å². The Bertz CT molecular complexity index is 1300. The molecule has 0 aliphatic carbocycles. The molecule has 0 bridgehead atoms. The number of anilines is 2. The second kappa shape index (κ2) is 8.27. The second-order valence-corrected chi connectivity index (χ2v) is 8.10. The molecule has 1 aliphatic heterocycles. The largest absolute Gasteiger partial charge is 0.495 e. The minimum atomic E-state index is -0.539. The summed E-state index contributed by atoms with van der Waals surface area (Å²) < 4.78 is 7.11. The molecule has 4 heterocycles. The van der Waals surface area contributed by atoms with Crippen molar-refractivity contribution in [3.05, 3.63) is 83.1 Å². The van der Waals surface area contributed by atoms with Crippen LogP contribution in [-0.4, -0.2) is 32.8 Å². The molecule has 0 radical (unpaired) electrons. The molecule has 9 heteroatoms. The average molecular weight is 445 g/mol. The molecular formula is C23H20N6O2S. The van der Waals surface area contributed by atoms with Crippen LogP contribution >= 0.6 is 11.3 Å². The fourth-order valence-electron chi connectivity index (χ4n) is 3.70. The Balaban J connectivity index is 1.59. The molecule has 1 aliphatic rings. The standard InChI is InChI=1S/C23H20N6O2S/c1-14-19(22(30)26-15-8-3-4-10-17(15)31-2)20(16-9-5-6-12-24-16)29-23(25-14)27-21(28-29)18-11-7-13-32-18/h3-13,20H,1-2H3,(H,26,30)(H,25,27,28). The highest BCUT2D eigenvalue weighted by Crippen LogP contribution is 2.37. The maximum absolute atomic E-state index is 13.5. The number of fused-ring (bicyclic) bond motifs is 1. The van der Waals surface area contributed by atoms with Crippen LogP contribution < -0.4 is 15.4 Å². The van der Waals surface area contributed by atoms with E-state index in [0.717, 1.165) is 4.88 Å². The molecule has 1 amide bonds. The van der Waals surface area contributed by atoms with Gasteiger partial charge in [-0.25, -0.2) is 4.68 Å². The van der Waals surface area contributed by atoms with Crippen LogP contribution in [0.4, 0.5) is 11.6 Å². The molecule has 1 unspecified atom stereocenters. The van der Waals surface area contributed by atoms with Crippen LogP contribution in [0.1, 0.15) is 18.7 Å². The van der Waals surface area contributed by atoms with Crippen LogP contribution in [0.2, 0.25) is 0 Å². The Morgan fingerprint density at radius 1 is 1.16 bits per heavy atom. The summed E-state index contributed by atoms with van der Waals surface area (Å²) in [5, 5.41) is 12.9. The summed E-state index contributed by atoms with van der Waals surface area (Å²) in [6, 6.07) is 16.3. The highest BCUT2D eigenvalue weighted by molar-refractivity contribution is 7.13. The molecular weight excluding hydrogens is 424 g/mol. The second-order valence-electron chi connectivity index (χ2n) is 7.16. The molecule has 3 aromatic heterocycles. The maximum atomic E-state index is 13.5. The van der Waals surface area contributed by atoms with Gasteiger partial charge in [0.15, 0.2) is 5.82 Å². The molecule has 4 aromatic rings. The quantitative estimate of drug-likeness (QED) is 0.476. The third kappa shape index (κ3) is 3.52. The fourth-order valence-corrected chi connectivity index (χ4v) is 4.36. The smallest absolute Gasteiger partial charge is 0.256 e. The number of rotatable bonds is 5. The average Bonchev–Trinajstić information content (AvgIpc) is 3.49. The lowest BCUT2D eigenvalue weighted by Gasteiger charge is -2.28. The van der Waals surface area contributed by atoms with Crippen LogP contribution in [0.5, 0.6) is 5.75 Å². The summed E-state index contributed by atoms with van der Waals surface area (Å²) in [4.78, 5) is 23.7. The van der Waals surface area contributed by atoms with E-state index in [2.05, 4.69) is 20.6 Å². The number of carbonyl (C=O) groups excluding carboxylic acids is 1. The van der Waals surface area contributed by atoms with Gasteiger partial charge in [-0.05, 0) is 42.6 Å². The first kappa shape index (κ1) is 20.0. The zero-order chi connectivity index (χ0) is 22.1. The number of benzene rings is 1. The number of nitrogens with one attached hydrogen (secondary N) is 2. The molecule has 0 fully saturated rings. The molecule has 0 saturated heterocycles. The van der Waals surface area contributed by atoms with Gasteiger partial charge in [0.25, 0.3) is 5.91 Å². The van der Waals surface area contributed by atoms with Crippen LogP contribution in [-0.2, 0) is 4.79 Å². The van der Waals surface area contributed by atoms with Crippen molar-refractivity contribution in [2.24, 2.45) is 0 Å². The number of ether oxygens (including phenoxy) is 1. The third-order valence-corrected chi connectivity index (χ3v) is 6.03. The molecule has 160 valence electrons. The van der Waals surface area contributed by atoms with Gasteiger partial charge < -0.3 is 15.4 Å². The van der Waals surface area contributed by atoms with Gasteiger partial charge in [-0.2, -0.15) is 4.98 Å². The lowest BCUT2D eigenvalue weighted by molar-refractivity contribution is -0.113. The van der Waals surface area contributed by atoms with Crippen molar-refractivity contribution in [3.63, 3.8) is 0 Å². The van der Waals surface area contributed by atoms with Gasteiger partial charge in [-0.1, -0.05) is 24.3 Å². The number of nitrogens with zero attached hydrogens (tertiary/aromatic N) is 4. The van der Waals surface area contributed by atoms with E-state index in [1.54, 1.807) is 41.5 Å². The normalized spacial score (nSPS) is 15.1. The number of para-hydroxylation sites is 2. The van der Waals surface area contributed by atoms with Crippen molar-refractivity contribution >= 4 is 28.9 Å². The number of allylic oxidation sites excluding steroid dienone is 1. The predicted molar refractivity (Wildman–Crippen MR) is 124 cm³/mol. The van der Waals surface area contributed by atoms with Crippen molar-refractivity contribution in [2.45, 2.75) is 13.0 Å². The molecule has 1 aromatic carbocycles. The number of thiophene rings is 1. The van der Waals surface area contributed by atoms with Gasteiger partial charge in [-0.15, -0.1) is 16.4 Å². The van der Waals surface area contributed by atoms with E-state index in [9.17, 15) is 4.79 Å². The van der Waals surface area contributed by atoms with Crippen molar-refractivity contribution in [2.75, 3.05) is 17.7 Å². The van der Waals surface area contributed by atoms with Crippen molar-refractivity contribution in [1.82, 2.24) is 19.7 Å². The van der Waals surface area contributed by atoms with E-state index in [1.807, 2.05) is 54.8 Å². The molecule has 8 nitrogen and oxygen atoms in total. The number of hydrogen-bond donors (Lipinski definition) is 2. The summed E-state index contributed by atoms with van der Waals surface area (Å²) in [6.07, 6.45) is 1.71. The molecule has 0 saturated carbocycles. The topological polar surface area (TPSA) is 94.0 Å². The highest BCUT2D eigenvalue weighted by Gasteiger charge is 2.35. The Morgan fingerprint density at radius 3 is 2.75 bits per heavy atom.